The first-order valence-corrected chi connectivity index (χ1v) is 15.0. The number of aliphatic hydroxyl groups is 4. The predicted octanol–water partition coefficient (Wildman–Crippen LogP) is -4.02. The van der Waals surface area contributed by atoms with Gasteiger partial charge in [-0.05, 0) is 45.9 Å². The number of likely N-dealkylation sites (N-methyl/N-ethyl adjacent to an activating group) is 1. The first-order chi connectivity index (χ1) is 20.9. The van der Waals surface area contributed by atoms with Crippen LogP contribution in [0.4, 0.5) is 0 Å². The summed E-state index contributed by atoms with van der Waals surface area (Å²) in [6.45, 7) is 3.73. The number of nitrogens with two attached hydrogens (primary N) is 4. The Bertz CT molecular complexity index is 813. The standard InChI is InChI=1S/C23H42N4O9.C3H10N2O.CH5N/c1-23(32)8-17(30)22(33-11-23)36-21-16(27-12-28)7-15(25)20(19(21)31)35-18-4-2-3-14(34-18)10-26-9-13(29)5-6-24;1-5(6)3-2-4;1-2/h3,12-13,15-22,26,29-32H,2,4-11,24-25H2,1H3,(H,27,28);6H,2-4H2,1H3;2H2,1H3/t13?,15?,16?,17?,18-,19?,20-,21+,22?,23-;;/m1../s1. The Morgan fingerprint density at radius 1 is 1.23 bits per heavy atom. The number of nitrogens with one attached hydrogen (secondary N) is 2. The Morgan fingerprint density at radius 3 is 2.50 bits per heavy atom. The molecule has 0 radical (unpaired) electrons. The maximum absolute atomic E-state index is 11.2. The number of hydroxylamine groups is 2. The number of nitrogens with zero attached hydrogens (tertiary/aromatic N) is 1. The van der Waals surface area contributed by atoms with Crippen molar-refractivity contribution in [3.8, 4) is 0 Å². The van der Waals surface area contributed by atoms with Crippen molar-refractivity contribution in [3.63, 3.8) is 0 Å². The first kappa shape index (κ1) is 40.5. The molecule has 17 heteroatoms. The minimum atomic E-state index is -1.26. The van der Waals surface area contributed by atoms with E-state index in [0.717, 1.165) is 5.06 Å². The molecule has 1 saturated heterocycles. The van der Waals surface area contributed by atoms with Crippen LogP contribution in [0.15, 0.2) is 11.8 Å². The molecular formula is C27H57N7O10. The van der Waals surface area contributed by atoms with Gasteiger partial charge in [0.15, 0.2) is 12.6 Å². The van der Waals surface area contributed by atoms with E-state index >= 15 is 0 Å². The largest absolute Gasteiger partial charge is 0.468 e. The number of ether oxygens (including phenoxy) is 4. The van der Waals surface area contributed by atoms with Crippen LogP contribution < -0.4 is 33.6 Å². The van der Waals surface area contributed by atoms with Gasteiger partial charge in [0.1, 0.15) is 30.2 Å². The van der Waals surface area contributed by atoms with Gasteiger partial charge in [-0.25, -0.2) is 0 Å². The summed E-state index contributed by atoms with van der Waals surface area (Å²) < 4.78 is 23.4. The molecule has 2 aliphatic heterocycles. The number of rotatable bonds is 14. The Balaban J connectivity index is 0.00000108. The van der Waals surface area contributed by atoms with E-state index in [2.05, 4.69) is 16.4 Å². The fourth-order valence-corrected chi connectivity index (χ4v) is 4.99. The molecule has 2 heterocycles. The fourth-order valence-electron chi connectivity index (χ4n) is 4.99. The molecule has 1 saturated carbocycles. The lowest BCUT2D eigenvalue weighted by molar-refractivity contribution is -0.296. The normalized spacial score (nSPS) is 34.3. The highest BCUT2D eigenvalue weighted by Crippen LogP contribution is 2.31. The number of amides is 1. The molecule has 1 aliphatic carbocycles. The van der Waals surface area contributed by atoms with Gasteiger partial charge < -0.3 is 78.1 Å². The zero-order valence-electron chi connectivity index (χ0n) is 26.2. The monoisotopic (exact) mass is 639 g/mol. The second-order valence-electron chi connectivity index (χ2n) is 11.3. The fraction of sp³-hybridized carbons (Fsp3) is 0.889. The Hall–Kier alpha value is -1.55. The van der Waals surface area contributed by atoms with Gasteiger partial charge in [0.25, 0.3) is 0 Å². The summed E-state index contributed by atoms with van der Waals surface area (Å²) in [5.74, 6) is 0.657. The molecule has 10 atom stereocenters. The smallest absolute Gasteiger partial charge is 0.207 e. The molecule has 6 unspecified atom stereocenters. The van der Waals surface area contributed by atoms with Crippen molar-refractivity contribution in [1.29, 1.82) is 0 Å². The van der Waals surface area contributed by atoms with Crippen LogP contribution in [0.2, 0.25) is 0 Å². The highest BCUT2D eigenvalue weighted by Gasteiger charge is 2.48. The van der Waals surface area contributed by atoms with Crippen LogP contribution in [0.3, 0.4) is 0 Å². The molecule has 1 amide bonds. The molecule has 0 aromatic carbocycles. The topological polar surface area (TPSA) is 287 Å². The summed E-state index contributed by atoms with van der Waals surface area (Å²) in [5.41, 5.74) is 20.1. The third-order valence-electron chi connectivity index (χ3n) is 7.11. The highest BCUT2D eigenvalue weighted by molar-refractivity contribution is 5.47. The van der Waals surface area contributed by atoms with Gasteiger partial charge in [-0.15, -0.1) is 0 Å². The van der Waals surface area contributed by atoms with Crippen molar-refractivity contribution in [2.75, 3.05) is 53.4 Å². The number of carbonyl (C=O) groups excluding carboxylic acids is 1. The van der Waals surface area contributed by atoms with E-state index in [4.69, 9.17) is 41.4 Å². The SMILES string of the molecule is CN.CN(O)CCN.C[C@]1(O)COC(O[C@H]2C(NC=O)CC(N)[C@@H](O[C@@H]3CCC=C(CNCC(O)CCN)O3)C2O)C(O)C1. The van der Waals surface area contributed by atoms with Gasteiger partial charge in [-0.3, -0.25) is 4.79 Å². The van der Waals surface area contributed by atoms with E-state index in [-0.39, 0.29) is 19.4 Å². The molecule has 0 aromatic heterocycles. The van der Waals surface area contributed by atoms with Crippen molar-refractivity contribution < 1.29 is 49.4 Å². The van der Waals surface area contributed by atoms with Crippen LogP contribution in [0.25, 0.3) is 0 Å². The Labute approximate surface area is 259 Å². The summed E-state index contributed by atoms with van der Waals surface area (Å²) in [7, 11) is 3.06. The van der Waals surface area contributed by atoms with Gasteiger partial charge in [-0.2, -0.15) is 5.06 Å². The van der Waals surface area contributed by atoms with Gasteiger partial charge in [0, 0.05) is 45.6 Å². The zero-order chi connectivity index (χ0) is 33.3. The highest BCUT2D eigenvalue weighted by atomic mass is 16.7. The average molecular weight is 640 g/mol. The molecule has 15 N–H and O–H groups in total. The summed E-state index contributed by atoms with van der Waals surface area (Å²) in [4.78, 5) is 11.2. The van der Waals surface area contributed by atoms with E-state index in [1.807, 2.05) is 6.08 Å². The van der Waals surface area contributed by atoms with Gasteiger partial charge >= 0.3 is 0 Å². The molecule has 0 spiro atoms. The first-order valence-electron chi connectivity index (χ1n) is 15.0. The van der Waals surface area contributed by atoms with Crippen LogP contribution in [0, 0.1) is 0 Å². The van der Waals surface area contributed by atoms with E-state index in [1.165, 1.54) is 7.05 Å². The summed E-state index contributed by atoms with van der Waals surface area (Å²) >= 11 is 0. The van der Waals surface area contributed by atoms with E-state index in [1.54, 1.807) is 14.0 Å². The van der Waals surface area contributed by atoms with Crippen molar-refractivity contribution in [1.82, 2.24) is 15.7 Å². The third kappa shape index (κ3) is 14.3. The molecule has 44 heavy (non-hydrogen) atoms. The van der Waals surface area contributed by atoms with E-state index in [0.29, 0.717) is 64.2 Å². The second-order valence-corrected chi connectivity index (χ2v) is 11.3. The summed E-state index contributed by atoms with van der Waals surface area (Å²) in [5, 5.41) is 56.6. The molecule has 0 bridgehead atoms. The number of hydrogen-bond acceptors (Lipinski definition) is 16. The molecule has 17 nitrogen and oxygen atoms in total. The molecule has 3 rings (SSSR count). The van der Waals surface area contributed by atoms with E-state index < -0.39 is 60.8 Å². The van der Waals surface area contributed by atoms with Crippen LogP contribution >= 0.6 is 0 Å². The maximum atomic E-state index is 11.2. The summed E-state index contributed by atoms with van der Waals surface area (Å²) in [6.07, 6.45) is -2.05. The van der Waals surface area contributed by atoms with Crippen molar-refractivity contribution in [2.24, 2.45) is 22.9 Å². The molecule has 3 aliphatic rings. The third-order valence-corrected chi connectivity index (χ3v) is 7.11. The minimum absolute atomic E-state index is 0.0357. The lowest BCUT2D eigenvalue weighted by atomic mass is 9.83. The van der Waals surface area contributed by atoms with Crippen LogP contribution in [0.5, 0.6) is 0 Å². The lowest BCUT2D eigenvalue weighted by Crippen LogP contribution is -2.65. The molecule has 0 aromatic rings. The number of allylic oxidation sites excluding steroid dienone is 1. The second kappa shape index (κ2) is 21.3. The maximum Gasteiger partial charge on any atom is 0.207 e. The lowest BCUT2D eigenvalue weighted by Gasteiger charge is -2.46. The molecule has 260 valence electrons. The van der Waals surface area contributed by atoms with Crippen LogP contribution in [0.1, 0.15) is 39.0 Å². The Morgan fingerprint density at radius 2 is 1.93 bits per heavy atom. The Kier molecular flexibility index (Phi) is 19.6. The number of hydrogen-bond donors (Lipinski definition) is 11. The van der Waals surface area contributed by atoms with Crippen molar-refractivity contribution >= 4 is 6.41 Å². The van der Waals surface area contributed by atoms with Gasteiger partial charge in [0.05, 0.1) is 30.9 Å². The predicted molar refractivity (Wildman–Crippen MR) is 161 cm³/mol. The van der Waals surface area contributed by atoms with Crippen molar-refractivity contribution in [2.45, 2.75) is 99.8 Å². The van der Waals surface area contributed by atoms with Gasteiger partial charge in [-0.1, -0.05) is 0 Å². The minimum Gasteiger partial charge on any atom is -0.468 e. The quantitative estimate of drug-likeness (QED) is 0.0637. The van der Waals surface area contributed by atoms with Crippen LogP contribution in [-0.4, -0.2) is 151 Å². The zero-order valence-corrected chi connectivity index (χ0v) is 26.2. The van der Waals surface area contributed by atoms with Crippen LogP contribution in [-0.2, 0) is 23.7 Å². The van der Waals surface area contributed by atoms with Crippen molar-refractivity contribution in [3.05, 3.63) is 11.8 Å². The summed E-state index contributed by atoms with van der Waals surface area (Å²) in [6, 6.07) is -1.27. The average Bonchev–Trinajstić information content (AvgIpc) is 2.96. The van der Waals surface area contributed by atoms with E-state index in [9.17, 15) is 25.2 Å². The molecular weight excluding hydrogens is 582 g/mol. The number of aliphatic hydroxyl groups excluding tert-OH is 3. The number of carbonyl (C=O) groups is 1. The molecule has 2 fully saturated rings. The van der Waals surface area contributed by atoms with Gasteiger partial charge in [0.2, 0.25) is 6.41 Å².